The monoisotopic (exact) mass is 630 g/mol. The number of para-hydroxylation sites is 1. The summed E-state index contributed by atoms with van der Waals surface area (Å²) in [6.45, 7) is -0.697. The number of carbonyl (C=O) groups is 4. The van der Waals surface area contributed by atoms with Gasteiger partial charge in [-0.2, -0.15) is 8.78 Å². The molecule has 3 atom stereocenters. The zero-order chi connectivity index (χ0) is 32.2. The van der Waals surface area contributed by atoms with E-state index in [0.717, 1.165) is 32.1 Å². The second-order valence-corrected chi connectivity index (χ2v) is 11.7. The molecule has 45 heavy (non-hydrogen) atoms. The Bertz CT molecular complexity index is 1590. The molecule has 1 saturated carbocycles. The molecule has 2 aliphatic rings. The molecular formula is C32H34F4N4O5. The summed E-state index contributed by atoms with van der Waals surface area (Å²) in [6.07, 6.45) is 5.33. The Morgan fingerprint density at radius 1 is 0.978 bits per heavy atom. The summed E-state index contributed by atoms with van der Waals surface area (Å²) in [5, 5.41) is 6.05. The van der Waals surface area contributed by atoms with E-state index in [2.05, 4.69) is 10.6 Å². The maximum atomic E-state index is 14.2. The van der Waals surface area contributed by atoms with Gasteiger partial charge in [-0.05, 0) is 37.3 Å². The van der Waals surface area contributed by atoms with E-state index in [1.54, 1.807) is 34.9 Å². The molecule has 2 aromatic carbocycles. The normalized spacial score (nSPS) is 18.4. The van der Waals surface area contributed by atoms with Gasteiger partial charge in [-0.15, -0.1) is 0 Å². The van der Waals surface area contributed by atoms with Gasteiger partial charge in [0.2, 0.25) is 23.4 Å². The van der Waals surface area contributed by atoms with Crippen LogP contribution in [-0.4, -0.2) is 47.3 Å². The van der Waals surface area contributed by atoms with Crippen molar-refractivity contribution in [3.05, 3.63) is 65.4 Å². The number of amides is 3. The van der Waals surface area contributed by atoms with Crippen LogP contribution in [-0.2, 0) is 14.4 Å². The van der Waals surface area contributed by atoms with Gasteiger partial charge in [0, 0.05) is 29.4 Å². The Kier molecular flexibility index (Phi) is 9.74. The van der Waals surface area contributed by atoms with E-state index in [4.69, 9.17) is 10.5 Å². The quantitative estimate of drug-likeness (QED) is 0.201. The highest BCUT2D eigenvalue weighted by Gasteiger charge is 2.36. The number of carbonyl (C=O) groups excluding carboxylic acids is 4. The van der Waals surface area contributed by atoms with E-state index >= 15 is 0 Å². The minimum Gasteiger partial charge on any atom is -0.479 e. The van der Waals surface area contributed by atoms with Crippen molar-refractivity contribution in [2.45, 2.75) is 63.5 Å². The zero-order valence-electron chi connectivity index (χ0n) is 24.4. The molecule has 2 heterocycles. The number of nitrogens with one attached hydrogen (secondary N) is 2. The van der Waals surface area contributed by atoms with Gasteiger partial charge in [0.05, 0.1) is 6.04 Å². The minimum atomic E-state index is -1.82. The number of nitrogens with two attached hydrogens (primary N) is 1. The minimum absolute atomic E-state index is 0.0127. The molecule has 1 aliphatic heterocycles. The zero-order valence-corrected chi connectivity index (χ0v) is 24.4. The van der Waals surface area contributed by atoms with Gasteiger partial charge in [-0.25, -0.2) is 8.78 Å². The van der Waals surface area contributed by atoms with Crippen LogP contribution < -0.4 is 21.1 Å². The first-order chi connectivity index (χ1) is 21.5. The predicted molar refractivity (Wildman–Crippen MR) is 155 cm³/mol. The Labute approximate surface area is 256 Å². The van der Waals surface area contributed by atoms with Crippen LogP contribution in [0.25, 0.3) is 10.9 Å². The summed E-state index contributed by atoms with van der Waals surface area (Å²) in [7, 11) is 0. The van der Waals surface area contributed by atoms with Crippen molar-refractivity contribution in [2.24, 2.45) is 17.6 Å². The van der Waals surface area contributed by atoms with Gasteiger partial charge in [0.25, 0.3) is 5.91 Å². The van der Waals surface area contributed by atoms with Crippen LogP contribution in [0.1, 0.15) is 67.9 Å². The second-order valence-electron chi connectivity index (χ2n) is 11.7. The summed E-state index contributed by atoms with van der Waals surface area (Å²) < 4.78 is 62.4. The van der Waals surface area contributed by atoms with Crippen LogP contribution in [0, 0.1) is 35.1 Å². The third-order valence-corrected chi connectivity index (χ3v) is 8.71. The standard InChI is InChI=1S/C32H34F4N4O5/c33-20-15-21(34)28(36)29(27(20)35)45-16-26(41)22(13-19-10-11-38-31(19)43)39-32(44)25(12-17-6-2-1-3-7-17)40-23-9-5-4-8-18(23)14-24(40)30(37)42/h4-5,8-9,14-15,17,19,22,25H,1-3,6-7,10-13,16H2,(H2,37,42)(H,38,43)(H,39,44)/t19-,22-,25-/m0/s1. The third-order valence-electron chi connectivity index (χ3n) is 8.71. The van der Waals surface area contributed by atoms with Crippen molar-refractivity contribution >= 4 is 34.4 Å². The molecule has 5 rings (SSSR count). The molecule has 0 unspecified atom stereocenters. The van der Waals surface area contributed by atoms with Crippen LogP contribution in [0.5, 0.6) is 5.75 Å². The molecule has 3 aromatic rings. The highest BCUT2D eigenvalue weighted by molar-refractivity contribution is 6.00. The molecular weight excluding hydrogens is 596 g/mol. The number of hydrogen-bond acceptors (Lipinski definition) is 5. The van der Waals surface area contributed by atoms with Crippen molar-refractivity contribution in [3.8, 4) is 5.75 Å². The number of rotatable bonds is 12. The number of nitrogens with zero attached hydrogens (tertiary/aromatic N) is 1. The topological polar surface area (TPSA) is 133 Å². The first-order valence-electron chi connectivity index (χ1n) is 15.0. The van der Waals surface area contributed by atoms with Crippen molar-refractivity contribution in [2.75, 3.05) is 13.2 Å². The number of primary amides is 1. The SMILES string of the molecule is NC(=O)c1cc2ccccc2n1[C@@H](CC1CCCCC1)C(=O)N[C@@H](C[C@@H]1CCNC1=O)C(=O)COc1c(F)c(F)cc(F)c1F. The van der Waals surface area contributed by atoms with Crippen molar-refractivity contribution in [3.63, 3.8) is 0 Å². The average molecular weight is 631 g/mol. The second kappa shape index (κ2) is 13.7. The molecule has 1 saturated heterocycles. The molecule has 0 bridgehead atoms. The molecule has 240 valence electrons. The Hall–Kier alpha value is -4.42. The maximum absolute atomic E-state index is 14.2. The number of halogens is 4. The maximum Gasteiger partial charge on any atom is 0.265 e. The number of fused-ring (bicyclic) bond motifs is 1. The molecule has 0 spiro atoms. The fourth-order valence-corrected chi connectivity index (χ4v) is 6.38. The average Bonchev–Trinajstić information content (AvgIpc) is 3.62. The molecule has 0 radical (unpaired) electrons. The van der Waals surface area contributed by atoms with Crippen LogP contribution in [0.15, 0.2) is 36.4 Å². The number of ether oxygens (including phenoxy) is 1. The highest BCUT2D eigenvalue weighted by atomic mass is 19.2. The van der Waals surface area contributed by atoms with Gasteiger partial charge in [-0.1, -0.05) is 50.3 Å². The number of Topliss-reactive ketones (excluding diaryl/α,β-unsaturated/α-hetero) is 1. The van der Waals surface area contributed by atoms with Gasteiger partial charge in [0.1, 0.15) is 18.3 Å². The van der Waals surface area contributed by atoms with Gasteiger partial charge < -0.3 is 25.7 Å². The van der Waals surface area contributed by atoms with Crippen molar-refractivity contribution in [1.29, 1.82) is 0 Å². The van der Waals surface area contributed by atoms with E-state index < -0.39 is 71.2 Å². The van der Waals surface area contributed by atoms with Crippen LogP contribution in [0.3, 0.4) is 0 Å². The Morgan fingerprint density at radius 2 is 1.67 bits per heavy atom. The summed E-state index contributed by atoms with van der Waals surface area (Å²) in [5.41, 5.74) is 6.43. The van der Waals surface area contributed by atoms with E-state index in [0.29, 0.717) is 30.3 Å². The number of ketones is 1. The molecule has 13 heteroatoms. The molecule has 3 amide bonds. The molecule has 1 aliphatic carbocycles. The fraction of sp³-hybridized carbons (Fsp3) is 0.438. The van der Waals surface area contributed by atoms with Crippen LogP contribution in [0.2, 0.25) is 0 Å². The third kappa shape index (κ3) is 6.97. The predicted octanol–water partition coefficient (Wildman–Crippen LogP) is 4.47. The fourth-order valence-electron chi connectivity index (χ4n) is 6.38. The molecule has 9 nitrogen and oxygen atoms in total. The lowest BCUT2D eigenvalue weighted by Gasteiger charge is -2.30. The largest absolute Gasteiger partial charge is 0.479 e. The summed E-state index contributed by atoms with van der Waals surface area (Å²) in [4.78, 5) is 52.6. The number of aromatic nitrogens is 1. The Balaban J connectivity index is 1.46. The van der Waals surface area contributed by atoms with E-state index in [9.17, 15) is 36.7 Å². The Morgan fingerprint density at radius 3 is 2.31 bits per heavy atom. The van der Waals surface area contributed by atoms with E-state index in [1.807, 2.05) is 0 Å². The van der Waals surface area contributed by atoms with E-state index in [1.165, 1.54) is 0 Å². The van der Waals surface area contributed by atoms with Crippen LogP contribution in [0.4, 0.5) is 17.6 Å². The van der Waals surface area contributed by atoms with Crippen molar-refractivity contribution in [1.82, 2.24) is 15.2 Å². The first-order valence-corrected chi connectivity index (χ1v) is 15.0. The smallest absolute Gasteiger partial charge is 0.265 e. The van der Waals surface area contributed by atoms with Gasteiger partial charge in [-0.3, -0.25) is 19.2 Å². The van der Waals surface area contributed by atoms with Gasteiger partial charge >= 0.3 is 0 Å². The van der Waals surface area contributed by atoms with Gasteiger partial charge in [0.15, 0.2) is 23.2 Å². The molecule has 2 fully saturated rings. The van der Waals surface area contributed by atoms with Crippen molar-refractivity contribution < 1.29 is 41.5 Å². The highest BCUT2D eigenvalue weighted by Crippen LogP contribution is 2.35. The summed E-state index contributed by atoms with van der Waals surface area (Å²) in [5.74, 6) is -11.6. The lowest BCUT2D eigenvalue weighted by molar-refractivity contribution is -0.132. The molecule has 1 aromatic heterocycles. The number of benzene rings is 2. The van der Waals surface area contributed by atoms with Crippen LogP contribution >= 0.6 is 0 Å². The lowest BCUT2D eigenvalue weighted by atomic mass is 9.84. The van der Waals surface area contributed by atoms with E-state index in [-0.39, 0.29) is 30.0 Å². The lowest BCUT2D eigenvalue weighted by Crippen LogP contribution is -2.48. The number of hydrogen-bond donors (Lipinski definition) is 3. The summed E-state index contributed by atoms with van der Waals surface area (Å²) in [6, 6.07) is 6.34. The molecule has 4 N–H and O–H groups in total. The first kappa shape index (κ1) is 32.0. The summed E-state index contributed by atoms with van der Waals surface area (Å²) >= 11 is 0.